The monoisotopic (exact) mass is 236 g/mol. The van der Waals surface area contributed by atoms with Gasteiger partial charge in [-0.3, -0.25) is 0 Å². The molecule has 1 aliphatic carbocycles. The number of nitriles is 1. The van der Waals surface area contributed by atoms with Crippen molar-refractivity contribution < 1.29 is 4.39 Å². The molecule has 2 unspecified atom stereocenters. The van der Waals surface area contributed by atoms with Gasteiger partial charge in [-0.25, -0.2) is 4.39 Å². The Kier molecular flexibility index (Phi) is 2.73. The zero-order chi connectivity index (χ0) is 11.9. The number of fused-ring (bicyclic) bond motifs is 1. The Morgan fingerprint density at radius 3 is 2.88 bits per heavy atom. The average molecular weight is 236 g/mol. The molecular formula is C12H13FN2S. The summed E-state index contributed by atoms with van der Waals surface area (Å²) < 4.78 is 13.8. The number of hydrogen-bond donors (Lipinski definition) is 1. The summed E-state index contributed by atoms with van der Waals surface area (Å²) in [6.45, 7) is 5.84. The molecule has 2 atom stereocenters. The Hall–Kier alpha value is -1.34. The summed E-state index contributed by atoms with van der Waals surface area (Å²) in [6.07, 6.45) is 0.240. The molecule has 0 fully saturated rings. The molecule has 2 nitrogen and oxygen atoms in total. The summed E-state index contributed by atoms with van der Waals surface area (Å²) >= 11 is 1.21. The van der Waals surface area contributed by atoms with Gasteiger partial charge in [-0.1, -0.05) is 12.2 Å². The van der Waals surface area contributed by atoms with E-state index < -0.39 is 6.17 Å². The van der Waals surface area contributed by atoms with E-state index in [0.29, 0.717) is 28.3 Å². The molecule has 0 saturated heterocycles. The third-order valence-electron chi connectivity index (χ3n) is 3.05. The smallest absolute Gasteiger partial charge is 0.135 e. The van der Waals surface area contributed by atoms with Crippen molar-refractivity contribution in [1.82, 2.24) is 0 Å². The van der Waals surface area contributed by atoms with Crippen LogP contribution in [0.2, 0.25) is 0 Å². The van der Waals surface area contributed by atoms with Gasteiger partial charge in [-0.15, -0.1) is 11.3 Å². The quantitative estimate of drug-likeness (QED) is 0.756. The molecule has 1 aromatic heterocycles. The minimum atomic E-state index is -0.972. The highest BCUT2D eigenvalue weighted by Gasteiger charge is 2.33. The standard InChI is InChI=1S/C12H13FN2S/c1-6(2)7-3-4-9(13)11-10(7)8(5-14)12(15)16-11/h7,9H,1,3-4,15H2,2H3. The van der Waals surface area contributed by atoms with E-state index in [1.807, 2.05) is 6.92 Å². The number of alkyl halides is 1. The van der Waals surface area contributed by atoms with Gasteiger partial charge in [-0.2, -0.15) is 5.26 Å². The molecule has 0 amide bonds. The molecule has 0 radical (unpaired) electrons. The van der Waals surface area contributed by atoms with E-state index in [1.165, 1.54) is 11.3 Å². The number of hydrogen-bond acceptors (Lipinski definition) is 3. The van der Waals surface area contributed by atoms with Crippen LogP contribution >= 0.6 is 11.3 Å². The summed E-state index contributed by atoms with van der Waals surface area (Å²) in [5.74, 6) is 0.0881. The van der Waals surface area contributed by atoms with Gasteiger partial charge in [0.05, 0.1) is 5.56 Å². The fourth-order valence-corrected chi connectivity index (χ4v) is 3.35. The van der Waals surface area contributed by atoms with Crippen LogP contribution in [0.3, 0.4) is 0 Å². The van der Waals surface area contributed by atoms with Crippen LogP contribution in [0.5, 0.6) is 0 Å². The first-order valence-corrected chi connectivity index (χ1v) is 5.99. The molecule has 2 N–H and O–H groups in total. The lowest BCUT2D eigenvalue weighted by Gasteiger charge is -2.25. The summed E-state index contributed by atoms with van der Waals surface area (Å²) in [4.78, 5) is 0.633. The van der Waals surface area contributed by atoms with Crippen molar-refractivity contribution in [2.45, 2.75) is 31.9 Å². The lowest BCUT2D eigenvalue weighted by molar-refractivity contribution is 0.300. The molecule has 1 heterocycles. The predicted octanol–water partition coefficient (Wildman–Crippen LogP) is 3.67. The lowest BCUT2D eigenvalue weighted by atomic mass is 9.81. The van der Waals surface area contributed by atoms with Gasteiger partial charge >= 0.3 is 0 Å². The van der Waals surface area contributed by atoms with Gasteiger partial charge in [0.15, 0.2) is 0 Å². The zero-order valence-electron chi connectivity index (χ0n) is 9.09. The van der Waals surface area contributed by atoms with E-state index in [0.717, 1.165) is 11.1 Å². The molecule has 0 aromatic carbocycles. The summed E-state index contributed by atoms with van der Waals surface area (Å²) in [6, 6.07) is 2.09. The van der Waals surface area contributed by atoms with Crippen molar-refractivity contribution in [1.29, 1.82) is 5.26 Å². The van der Waals surface area contributed by atoms with E-state index in [9.17, 15) is 4.39 Å². The normalized spacial score (nSPS) is 23.6. The fourth-order valence-electron chi connectivity index (χ4n) is 2.26. The molecule has 0 bridgehead atoms. The first-order valence-electron chi connectivity index (χ1n) is 5.17. The first-order chi connectivity index (χ1) is 7.56. The summed E-state index contributed by atoms with van der Waals surface area (Å²) in [7, 11) is 0. The summed E-state index contributed by atoms with van der Waals surface area (Å²) in [5.41, 5.74) is 7.97. The van der Waals surface area contributed by atoms with Gasteiger partial charge in [0, 0.05) is 10.8 Å². The highest BCUT2D eigenvalue weighted by Crippen LogP contribution is 2.49. The fraction of sp³-hybridized carbons (Fsp3) is 0.417. The molecule has 1 aromatic rings. The van der Waals surface area contributed by atoms with Crippen molar-refractivity contribution in [3.63, 3.8) is 0 Å². The van der Waals surface area contributed by atoms with Crippen LogP contribution in [-0.4, -0.2) is 0 Å². The molecular weight excluding hydrogens is 223 g/mol. The largest absolute Gasteiger partial charge is 0.389 e. The highest BCUT2D eigenvalue weighted by molar-refractivity contribution is 7.16. The number of nitrogens with zero attached hydrogens (tertiary/aromatic N) is 1. The van der Waals surface area contributed by atoms with Crippen LogP contribution in [0.1, 0.15) is 47.9 Å². The SMILES string of the molecule is C=C(C)C1CCC(F)c2sc(N)c(C#N)c21. The van der Waals surface area contributed by atoms with Crippen LogP contribution in [0.15, 0.2) is 12.2 Å². The highest BCUT2D eigenvalue weighted by atomic mass is 32.1. The number of nitrogens with two attached hydrogens (primary N) is 1. The van der Waals surface area contributed by atoms with Crippen LogP contribution in [0, 0.1) is 11.3 Å². The number of halogens is 1. The van der Waals surface area contributed by atoms with E-state index >= 15 is 0 Å². The van der Waals surface area contributed by atoms with Crippen LogP contribution in [-0.2, 0) is 0 Å². The Labute approximate surface area is 98.2 Å². The van der Waals surface area contributed by atoms with Crippen molar-refractivity contribution in [3.8, 4) is 6.07 Å². The van der Waals surface area contributed by atoms with Crippen molar-refractivity contribution >= 4 is 16.3 Å². The molecule has 16 heavy (non-hydrogen) atoms. The lowest BCUT2D eigenvalue weighted by Crippen LogP contribution is -2.11. The molecule has 1 aliphatic rings. The second-order valence-corrected chi connectivity index (χ2v) is 5.26. The van der Waals surface area contributed by atoms with Crippen LogP contribution in [0.4, 0.5) is 9.39 Å². The average Bonchev–Trinajstić information content (AvgIpc) is 2.55. The number of nitrogen functional groups attached to an aromatic ring is 1. The van der Waals surface area contributed by atoms with E-state index in [1.54, 1.807) is 0 Å². The van der Waals surface area contributed by atoms with Gasteiger partial charge < -0.3 is 5.73 Å². The van der Waals surface area contributed by atoms with Gasteiger partial charge in [0.1, 0.15) is 17.2 Å². The second kappa shape index (κ2) is 3.91. The number of anilines is 1. The third-order valence-corrected chi connectivity index (χ3v) is 4.17. The maximum Gasteiger partial charge on any atom is 0.135 e. The number of thiophene rings is 1. The molecule has 2 rings (SSSR count). The minimum absolute atomic E-state index is 0.0881. The Morgan fingerprint density at radius 1 is 1.62 bits per heavy atom. The predicted molar refractivity (Wildman–Crippen MR) is 64.1 cm³/mol. The van der Waals surface area contributed by atoms with E-state index in [4.69, 9.17) is 11.0 Å². The van der Waals surface area contributed by atoms with E-state index in [2.05, 4.69) is 12.6 Å². The number of allylic oxidation sites excluding steroid dienone is 1. The summed E-state index contributed by atoms with van der Waals surface area (Å²) in [5, 5.41) is 9.51. The Balaban J connectivity index is 2.63. The zero-order valence-corrected chi connectivity index (χ0v) is 9.90. The van der Waals surface area contributed by atoms with Gasteiger partial charge in [-0.05, 0) is 25.3 Å². The maximum atomic E-state index is 13.8. The van der Waals surface area contributed by atoms with Crippen molar-refractivity contribution in [2.75, 3.05) is 5.73 Å². The van der Waals surface area contributed by atoms with E-state index in [-0.39, 0.29) is 5.92 Å². The maximum absolute atomic E-state index is 13.8. The number of rotatable bonds is 1. The minimum Gasteiger partial charge on any atom is -0.389 e. The molecule has 0 saturated carbocycles. The molecule has 0 spiro atoms. The Bertz CT molecular complexity index is 484. The van der Waals surface area contributed by atoms with Crippen molar-refractivity contribution in [2.24, 2.45) is 0 Å². The topological polar surface area (TPSA) is 49.8 Å². The second-order valence-electron chi connectivity index (χ2n) is 4.17. The first kappa shape index (κ1) is 11.2. The van der Waals surface area contributed by atoms with Gasteiger partial charge in [0.25, 0.3) is 0 Å². The van der Waals surface area contributed by atoms with Crippen LogP contribution in [0.25, 0.3) is 0 Å². The van der Waals surface area contributed by atoms with Gasteiger partial charge in [0.2, 0.25) is 0 Å². The van der Waals surface area contributed by atoms with Crippen LogP contribution < -0.4 is 5.73 Å². The molecule has 84 valence electrons. The van der Waals surface area contributed by atoms with Crippen molar-refractivity contribution in [3.05, 3.63) is 28.2 Å². The third kappa shape index (κ3) is 1.52. The Morgan fingerprint density at radius 2 is 2.31 bits per heavy atom. The molecule has 4 heteroatoms. The molecule has 0 aliphatic heterocycles.